The Balaban J connectivity index is 0.00000289. The van der Waals surface area contributed by atoms with Gasteiger partial charge in [0.05, 0.1) is 0 Å². The first-order valence-corrected chi connectivity index (χ1v) is 8.16. The summed E-state index contributed by atoms with van der Waals surface area (Å²) in [5, 5.41) is 0. The Hall–Kier alpha value is -0.110. The molecule has 0 aromatic carbocycles. The molecular weight excluding hydrogens is 225 g/mol. The Bertz CT molecular complexity index is 155. The second kappa shape index (κ2) is 13.3. The first kappa shape index (κ1) is 17.9. The summed E-state index contributed by atoms with van der Waals surface area (Å²) < 4.78 is 0. The van der Waals surface area contributed by atoms with Gasteiger partial charge >= 0.3 is 0 Å². The molecule has 1 aliphatic heterocycles. The van der Waals surface area contributed by atoms with Gasteiger partial charge in [0.15, 0.2) is 0 Å². The maximum atomic E-state index is 2.64. The molecule has 0 spiro atoms. The highest BCUT2D eigenvalue weighted by Crippen LogP contribution is 2.12. The SMILES string of the molecule is CCCCCCCCCCCCN1CCCC1.F. The third kappa shape index (κ3) is 9.87. The van der Waals surface area contributed by atoms with Gasteiger partial charge in [-0.2, -0.15) is 0 Å². The fraction of sp³-hybridized carbons (Fsp3) is 1.00. The van der Waals surface area contributed by atoms with E-state index in [0.717, 1.165) is 0 Å². The third-order valence-corrected chi connectivity index (χ3v) is 4.03. The van der Waals surface area contributed by atoms with Gasteiger partial charge in [0.2, 0.25) is 0 Å². The molecular formula is C16H34FN. The van der Waals surface area contributed by atoms with E-state index in [1.54, 1.807) is 0 Å². The topological polar surface area (TPSA) is 3.24 Å². The van der Waals surface area contributed by atoms with E-state index < -0.39 is 0 Å². The van der Waals surface area contributed by atoms with Crippen molar-refractivity contribution in [3.63, 3.8) is 0 Å². The Kier molecular flexibility index (Phi) is 13.2. The van der Waals surface area contributed by atoms with E-state index in [1.165, 1.54) is 96.7 Å². The molecule has 110 valence electrons. The van der Waals surface area contributed by atoms with E-state index in [1.807, 2.05) is 0 Å². The summed E-state index contributed by atoms with van der Waals surface area (Å²) in [6.45, 7) is 6.41. The van der Waals surface area contributed by atoms with Crippen molar-refractivity contribution in [2.75, 3.05) is 19.6 Å². The zero-order valence-electron chi connectivity index (χ0n) is 12.5. The third-order valence-electron chi connectivity index (χ3n) is 4.03. The Labute approximate surface area is 114 Å². The highest BCUT2D eigenvalue weighted by molar-refractivity contribution is 4.65. The monoisotopic (exact) mass is 259 g/mol. The van der Waals surface area contributed by atoms with Crippen LogP contribution in [0.1, 0.15) is 84.0 Å². The molecule has 18 heavy (non-hydrogen) atoms. The lowest BCUT2D eigenvalue weighted by Gasteiger charge is -2.13. The quantitative estimate of drug-likeness (QED) is 0.463. The van der Waals surface area contributed by atoms with Gasteiger partial charge in [-0.3, -0.25) is 4.70 Å². The number of rotatable bonds is 11. The average Bonchev–Trinajstić information content (AvgIpc) is 2.85. The van der Waals surface area contributed by atoms with Crippen molar-refractivity contribution < 1.29 is 4.70 Å². The van der Waals surface area contributed by atoms with Gasteiger partial charge in [0.1, 0.15) is 0 Å². The molecule has 1 rings (SSSR count). The summed E-state index contributed by atoms with van der Waals surface area (Å²) in [7, 11) is 0. The first-order valence-electron chi connectivity index (χ1n) is 8.16. The highest BCUT2D eigenvalue weighted by Gasteiger charge is 2.09. The largest absolute Gasteiger partial charge is 0.303 e. The molecule has 1 fully saturated rings. The van der Waals surface area contributed by atoms with Gasteiger partial charge in [-0.15, -0.1) is 0 Å². The fourth-order valence-electron chi connectivity index (χ4n) is 2.83. The predicted molar refractivity (Wildman–Crippen MR) is 80.0 cm³/mol. The van der Waals surface area contributed by atoms with Crippen molar-refractivity contribution in [3.05, 3.63) is 0 Å². The molecule has 0 bridgehead atoms. The van der Waals surface area contributed by atoms with Crippen LogP contribution in [0.15, 0.2) is 0 Å². The van der Waals surface area contributed by atoms with E-state index in [9.17, 15) is 0 Å². The van der Waals surface area contributed by atoms with Crippen molar-refractivity contribution >= 4 is 0 Å². The van der Waals surface area contributed by atoms with Crippen LogP contribution in [-0.4, -0.2) is 24.5 Å². The van der Waals surface area contributed by atoms with Crippen LogP contribution < -0.4 is 0 Å². The minimum atomic E-state index is 0. The van der Waals surface area contributed by atoms with Gasteiger partial charge in [0.25, 0.3) is 0 Å². The maximum Gasteiger partial charge on any atom is -0.00183 e. The van der Waals surface area contributed by atoms with Gasteiger partial charge in [-0.1, -0.05) is 64.7 Å². The smallest absolute Gasteiger partial charge is 0.00183 e. The number of likely N-dealkylation sites (tertiary alicyclic amines) is 1. The van der Waals surface area contributed by atoms with E-state index in [4.69, 9.17) is 0 Å². The molecule has 0 aromatic heterocycles. The summed E-state index contributed by atoms with van der Waals surface area (Å²) in [5.41, 5.74) is 0. The van der Waals surface area contributed by atoms with Crippen molar-refractivity contribution in [1.29, 1.82) is 0 Å². The number of halogens is 1. The van der Waals surface area contributed by atoms with Crippen LogP contribution >= 0.6 is 0 Å². The molecule has 0 amide bonds. The Morgan fingerprint density at radius 2 is 1.11 bits per heavy atom. The van der Waals surface area contributed by atoms with Crippen molar-refractivity contribution in [3.8, 4) is 0 Å². The molecule has 0 atom stereocenters. The van der Waals surface area contributed by atoms with Crippen molar-refractivity contribution in [2.45, 2.75) is 84.0 Å². The molecule has 0 aromatic rings. The minimum Gasteiger partial charge on any atom is -0.303 e. The van der Waals surface area contributed by atoms with Gasteiger partial charge in [-0.25, -0.2) is 0 Å². The van der Waals surface area contributed by atoms with Gasteiger partial charge in [0, 0.05) is 0 Å². The molecule has 1 nitrogen and oxygen atoms in total. The lowest BCUT2D eigenvalue weighted by atomic mass is 10.1. The van der Waals surface area contributed by atoms with Gasteiger partial charge in [-0.05, 0) is 38.9 Å². The summed E-state index contributed by atoms with van der Waals surface area (Å²) >= 11 is 0. The predicted octanol–water partition coefficient (Wildman–Crippen LogP) is 5.16. The second-order valence-electron chi connectivity index (χ2n) is 5.73. The highest BCUT2D eigenvalue weighted by atomic mass is 19.0. The summed E-state index contributed by atoms with van der Waals surface area (Å²) in [5.74, 6) is 0. The molecule has 0 saturated carbocycles. The van der Waals surface area contributed by atoms with Crippen LogP contribution in [0.4, 0.5) is 4.70 Å². The lowest BCUT2D eigenvalue weighted by Crippen LogP contribution is -2.20. The lowest BCUT2D eigenvalue weighted by molar-refractivity contribution is 0.327. The van der Waals surface area contributed by atoms with Crippen LogP contribution in [0.3, 0.4) is 0 Å². The second-order valence-corrected chi connectivity index (χ2v) is 5.73. The number of nitrogens with zero attached hydrogens (tertiary/aromatic N) is 1. The molecule has 1 heterocycles. The summed E-state index contributed by atoms with van der Waals surface area (Å²) in [6, 6.07) is 0. The van der Waals surface area contributed by atoms with Crippen LogP contribution in [0.5, 0.6) is 0 Å². The van der Waals surface area contributed by atoms with Crippen LogP contribution in [0.25, 0.3) is 0 Å². The molecule has 0 radical (unpaired) electrons. The molecule has 0 aliphatic carbocycles. The first-order chi connectivity index (χ1) is 8.43. The molecule has 2 heteroatoms. The van der Waals surface area contributed by atoms with E-state index in [2.05, 4.69) is 11.8 Å². The minimum absolute atomic E-state index is 0. The normalized spacial score (nSPS) is 15.8. The van der Waals surface area contributed by atoms with Gasteiger partial charge < -0.3 is 4.90 Å². The van der Waals surface area contributed by atoms with Crippen molar-refractivity contribution in [1.82, 2.24) is 4.90 Å². The van der Waals surface area contributed by atoms with E-state index in [0.29, 0.717) is 0 Å². The molecule has 1 saturated heterocycles. The van der Waals surface area contributed by atoms with Crippen LogP contribution in [-0.2, 0) is 0 Å². The van der Waals surface area contributed by atoms with Crippen LogP contribution in [0.2, 0.25) is 0 Å². The van der Waals surface area contributed by atoms with Crippen LogP contribution in [0, 0.1) is 0 Å². The Morgan fingerprint density at radius 3 is 1.61 bits per heavy atom. The molecule has 0 unspecified atom stereocenters. The zero-order valence-corrected chi connectivity index (χ0v) is 12.5. The van der Waals surface area contributed by atoms with E-state index in [-0.39, 0.29) is 4.70 Å². The average molecular weight is 259 g/mol. The van der Waals surface area contributed by atoms with Crippen molar-refractivity contribution in [2.24, 2.45) is 0 Å². The van der Waals surface area contributed by atoms with E-state index >= 15 is 0 Å². The summed E-state index contributed by atoms with van der Waals surface area (Å²) in [6.07, 6.45) is 17.4. The summed E-state index contributed by atoms with van der Waals surface area (Å²) in [4.78, 5) is 2.64. The molecule has 0 N–H and O–H groups in total. The fourth-order valence-corrected chi connectivity index (χ4v) is 2.83. The number of hydrogen-bond acceptors (Lipinski definition) is 1. The standard InChI is InChI=1S/C16H33N.FH/c1-2-3-4-5-6-7-8-9-10-11-14-17-15-12-13-16-17;/h2-16H2,1H3;1H. The zero-order chi connectivity index (χ0) is 12.2. The Morgan fingerprint density at radius 1 is 0.667 bits per heavy atom. The maximum absolute atomic E-state index is 2.64. The number of unbranched alkanes of at least 4 members (excludes halogenated alkanes) is 9. The molecule has 1 aliphatic rings. The number of hydrogen-bond donors (Lipinski definition) is 0.